The largest absolute Gasteiger partial charge is 0.489 e. The topological polar surface area (TPSA) is 92.3 Å². The molecule has 0 unspecified atom stereocenters. The summed E-state index contributed by atoms with van der Waals surface area (Å²) in [6.45, 7) is 2.92. The first-order chi connectivity index (χ1) is 17.7. The van der Waals surface area contributed by atoms with E-state index in [0.717, 1.165) is 41.8 Å². The van der Waals surface area contributed by atoms with Crippen LogP contribution in [-0.2, 0) is 11.3 Å². The number of nitrogens with two attached hydrogens (primary N) is 1. The van der Waals surface area contributed by atoms with Gasteiger partial charge in [0.1, 0.15) is 29.3 Å². The van der Waals surface area contributed by atoms with E-state index in [1.807, 2.05) is 78.9 Å². The van der Waals surface area contributed by atoms with Gasteiger partial charge in [-0.25, -0.2) is 14.8 Å². The number of nitrogens with zero attached hydrogens (tertiary/aromatic N) is 3. The minimum Gasteiger partial charge on any atom is -0.489 e. The maximum atomic E-state index is 13.1. The molecule has 0 radical (unpaired) electrons. The van der Waals surface area contributed by atoms with E-state index in [9.17, 15) is 4.79 Å². The molecule has 0 amide bonds. The van der Waals surface area contributed by atoms with Gasteiger partial charge in [0.05, 0.1) is 17.6 Å². The highest BCUT2D eigenvalue weighted by Crippen LogP contribution is 2.32. The Morgan fingerprint density at radius 2 is 1.58 bits per heavy atom. The fourth-order valence-electron chi connectivity index (χ4n) is 4.15. The first kappa shape index (κ1) is 23.4. The lowest BCUT2D eigenvalue weighted by atomic mass is 10.2. The Balaban J connectivity index is 1.51. The molecule has 182 valence electrons. The van der Waals surface area contributed by atoms with Crippen LogP contribution in [-0.4, -0.2) is 27.1 Å². The number of rotatable bonds is 9. The summed E-state index contributed by atoms with van der Waals surface area (Å²) >= 11 is 0. The van der Waals surface area contributed by atoms with E-state index < -0.39 is 5.97 Å². The average molecular weight is 481 g/mol. The van der Waals surface area contributed by atoms with Gasteiger partial charge in [0.25, 0.3) is 0 Å². The molecular weight excluding hydrogens is 452 g/mol. The first-order valence-electron chi connectivity index (χ1n) is 12.2. The Morgan fingerprint density at radius 3 is 2.31 bits per heavy atom. The van der Waals surface area contributed by atoms with Crippen LogP contribution in [0, 0.1) is 0 Å². The fourth-order valence-corrected chi connectivity index (χ4v) is 4.15. The van der Waals surface area contributed by atoms with Crippen molar-refractivity contribution < 1.29 is 14.3 Å². The number of benzene rings is 3. The zero-order valence-electron chi connectivity index (χ0n) is 20.2. The van der Waals surface area contributed by atoms with Crippen LogP contribution in [0.15, 0.2) is 78.9 Å². The van der Waals surface area contributed by atoms with E-state index in [1.54, 1.807) is 4.57 Å². The molecule has 2 heterocycles. The number of unbranched alkanes of at least 4 members (excludes halogenated alkanes) is 2. The van der Waals surface area contributed by atoms with Crippen LogP contribution in [0.2, 0.25) is 0 Å². The smallest absolute Gasteiger partial charge is 0.344 e. The molecule has 0 bridgehead atoms. The van der Waals surface area contributed by atoms with Crippen LogP contribution in [0.4, 0.5) is 5.82 Å². The predicted molar refractivity (Wildman–Crippen MR) is 141 cm³/mol. The number of para-hydroxylation sites is 2. The predicted octanol–water partition coefficient (Wildman–Crippen LogP) is 6.08. The summed E-state index contributed by atoms with van der Waals surface area (Å²) in [7, 11) is 0. The summed E-state index contributed by atoms with van der Waals surface area (Å²) in [5.41, 5.74) is 11.0. The van der Waals surface area contributed by atoms with Gasteiger partial charge in [-0.15, -0.1) is 0 Å². The third-order valence-corrected chi connectivity index (χ3v) is 6.03. The van der Waals surface area contributed by atoms with E-state index in [-0.39, 0.29) is 11.4 Å². The van der Waals surface area contributed by atoms with Crippen molar-refractivity contribution in [1.82, 2.24) is 14.5 Å². The number of anilines is 1. The minimum atomic E-state index is -0.486. The van der Waals surface area contributed by atoms with Crippen molar-refractivity contribution >= 4 is 34.0 Å². The number of fused-ring (bicyclic) bond motifs is 2. The van der Waals surface area contributed by atoms with Gasteiger partial charge in [0.2, 0.25) is 0 Å². The number of hydrogen-bond donors (Lipinski definition) is 1. The van der Waals surface area contributed by atoms with Crippen LogP contribution in [0.5, 0.6) is 5.75 Å². The molecule has 0 spiro atoms. The Morgan fingerprint density at radius 1 is 0.889 bits per heavy atom. The molecule has 7 heteroatoms. The number of ether oxygens (including phenoxy) is 2. The van der Waals surface area contributed by atoms with E-state index in [2.05, 4.69) is 6.92 Å². The van der Waals surface area contributed by atoms with E-state index in [4.69, 9.17) is 25.2 Å². The molecule has 0 saturated heterocycles. The SMILES string of the molecule is CCCCCOC(=O)c1c(N)n(-c2ccc(OCc3ccccc3)cc2)c2nc3ccccc3nc12. The van der Waals surface area contributed by atoms with Crippen molar-refractivity contribution in [3.05, 3.63) is 90.0 Å². The number of carbonyl (C=O) groups is 1. The van der Waals surface area contributed by atoms with Gasteiger partial charge in [-0.1, -0.05) is 62.2 Å². The molecule has 0 fully saturated rings. The summed E-state index contributed by atoms with van der Waals surface area (Å²) in [6, 6.07) is 25.1. The second-order valence-corrected chi connectivity index (χ2v) is 8.59. The van der Waals surface area contributed by atoms with E-state index >= 15 is 0 Å². The number of nitrogen functional groups attached to an aromatic ring is 1. The van der Waals surface area contributed by atoms with E-state index in [1.165, 1.54) is 0 Å². The molecule has 2 aromatic heterocycles. The third kappa shape index (κ3) is 4.73. The molecule has 0 saturated carbocycles. The summed E-state index contributed by atoms with van der Waals surface area (Å²) in [5, 5.41) is 0. The van der Waals surface area contributed by atoms with Gasteiger partial charge in [0.15, 0.2) is 5.65 Å². The van der Waals surface area contributed by atoms with E-state index in [0.29, 0.717) is 29.9 Å². The number of hydrogen-bond acceptors (Lipinski definition) is 6. The highest BCUT2D eigenvalue weighted by atomic mass is 16.5. The van der Waals surface area contributed by atoms with Gasteiger partial charge in [-0.2, -0.15) is 0 Å². The monoisotopic (exact) mass is 480 g/mol. The maximum absolute atomic E-state index is 13.1. The normalized spacial score (nSPS) is 11.1. The van der Waals surface area contributed by atoms with Crippen molar-refractivity contribution in [2.45, 2.75) is 32.8 Å². The van der Waals surface area contributed by atoms with Crippen molar-refractivity contribution in [2.24, 2.45) is 0 Å². The number of esters is 1. The summed E-state index contributed by atoms with van der Waals surface area (Å²) in [5.74, 6) is 0.489. The maximum Gasteiger partial charge on any atom is 0.344 e. The van der Waals surface area contributed by atoms with Gasteiger partial charge in [-0.05, 0) is 48.4 Å². The van der Waals surface area contributed by atoms with Gasteiger partial charge < -0.3 is 15.2 Å². The minimum absolute atomic E-state index is 0.240. The number of carbonyl (C=O) groups excluding carboxylic acids is 1. The summed E-state index contributed by atoms with van der Waals surface area (Å²) < 4.78 is 13.2. The molecule has 0 aliphatic heterocycles. The Bertz CT molecular complexity index is 1490. The zero-order chi connectivity index (χ0) is 24.9. The summed E-state index contributed by atoms with van der Waals surface area (Å²) in [6.07, 6.45) is 2.84. The van der Waals surface area contributed by atoms with Crippen molar-refractivity contribution in [2.75, 3.05) is 12.3 Å². The third-order valence-electron chi connectivity index (χ3n) is 6.03. The van der Waals surface area contributed by atoms with Gasteiger partial charge in [0, 0.05) is 5.69 Å². The molecule has 0 aliphatic rings. The first-order valence-corrected chi connectivity index (χ1v) is 12.2. The molecule has 7 nitrogen and oxygen atoms in total. The van der Waals surface area contributed by atoms with Crippen LogP contribution in [0.3, 0.4) is 0 Å². The van der Waals surface area contributed by atoms with Crippen molar-refractivity contribution in [1.29, 1.82) is 0 Å². The lowest BCUT2D eigenvalue weighted by Crippen LogP contribution is -2.10. The Hall–Kier alpha value is -4.39. The molecule has 0 atom stereocenters. The molecule has 5 aromatic rings. The molecule has 36 heavy (non-hydrogen) atoms. The lowest BCUT2D eigenvalue weighted by Gasteiger charge is -2.10. The fraction of sp³-hybridized carbons (Fsp3) is 0.207. The highest BCUT2D eigenvalue weighted by Gasteiger charge is 2.26. The van der Waals surface area contributed by atoms with Gasteiger partial charge in [-0.3, -0.25) is 4.57 Å². The Labute approximate surface area is 209 Å². The van der Waals surface area contributed by atoms with Crippen LogP contribution >= 0.6 is 0 Å². The highest BCUT2D eigenvalue weighted by molar-refractivity contribution is 6.09. The van der Waals surface area contributed by atoms with Crippen molar-refractivity contribution in [3.63, 3.8) is 0 Å². The average Bonchev–Trinajstić information content (AvgIpc) is 3.20. The summed E-state index contributed by atoms with van der Waals surface area (Å²) in [4.78, 5) is 22.6. The van der Waals surface area contributed by atoms with Crippen LogP contribution < -0.4 is 10.5 Å². The molecule has 3 aromatic carbocycles. The molecule has 5 rings (SSSR count). The standard InChI is InChI=1S/C29H28N4O3/c1-2-3-9-18-35-29(34)25-26-28(32-24-13-8-7-12-23(24)31-26)33(27(25)30)21-14-16-22(17-15-21)36-19-20-10-5-4-6-11-20/h4-8,10-17H,2-3,9,18-19,30H2,1H3. The second kappa shape index (κ2) is 10.5. The molecular formula is C29H28N4O3. The van der Waals surface area contributed by atoms with Crippen LogP contribution in [0.25, 0.3) is 27.9 Å². The second-order valence-electron chi connectivity index (χ2n) is 8.59. The van der Waals surface area contributed by atoms with Crippen molar-refractivity contribution in [3.8, 4) is 11.4 Å². The quantitative estimate of drug-likeness (QED) is 0.203. The lowest BCUT2D eigenvalue weighted by molar-refractivity contribution is 0.0501. The zero-order valence-corrected chi connectivity index (χ0v) is 20.2. The Kier molecular flexibility index (Phi) is 6.80. The van der Waals surface area contributed by atoms with Crippen LogP contribution in [0.1, 0.15) is 42.1 Å². The van der Waals surface area contributed by atoms with Gasteiger partial charge >= 0.3 is 5.97 Å². The molecule has 0 aliphatic carbocycles. The number of aromatic nitrogens is 3. The molecule has 2 N–H and O–H groups in total.